The van der Waals surface area contributed by atoms with Gasteiger partial charge in [0, 0.05) is 35.6 Å². The van der Waals surface area contributed by atoms with Crippen molar-refractivity contribution < 1.29 is 18.7 Å². The first-order valence-electron chi connectivity index (χ1n) is 10.3. The van der Waals surface area contributed by atoms with Gasteiger partial charge in [0.15, 0.2) is 5.76 Å². The molecule has 168 valence electrons. The lowest BCUT2D eigenvalue weighted by molar-refractivity contribution is -0.138. The lowest BCUT2D eigenvalue weighted by Crippen LogP contribution is -2.40. The molecule has 1 aromatic rings. The molecule has 5 N–H and O–H groups in total. The van der Waals surface area contributed by atoms with Crippen molar-refractivity contribution in [2.24, 2.45) is 11.1 Å². The Balaban J connectivity index is 1.60. The van der Waals surface area contributed by atoms with Crippen LogP contribution in [0.15, 0.2) is 41.9 Å². The van der Waals surface area contributed by atoms with Gasteiger partial charge in [-0.2, -0.15) is 0 Å². The lowest BCUT2D eigenvalue weighted by Gasteiger charge is -2.35. The van der Waals surface area contributed by atoms with Crippen LogP contribution in [0.2, 0.25) is 5.02 Å². The molecule has 31 heavy (non-hydrogen) atoms. The molecule has 0 saturated heterocycles. The van der Waals surface area contributed by atoms with Crippen LogP contribution < -0.4 is 21.7 Å². The van der Waals surface area contributed by atoms with Crippen LogP contribution in [-0.2, 0) is 14.3 Å². The molecule has 1 aliphatic carbocycles. The second kappa shape index (κ2) is 9.60. The largest absolute Gasteiger partial charge is 0.487 e. The Morgan fingerprint density at radius 3 is 2.81 bits per heavy atom. The van der Waals surface area contributed by atoms with Crippen molar-refractivity contribution in [2.45, 2.75) is 45.3 Å². The SMILES string of the molecule is CC1CC(C)(CNc2ccc(F)c(Cl)c2)C=C(C(=O)C(=O)NC/C(N)=C/NC2CC2)O1. The zero-order valence-corrected chi connectivity index (χ0v) is 18.4. The molecule has 0 bridgehead atoms. The van der Waals surface area contributed by atoms with Gasteiger partial charge < -0.3 is 26.4 Å². The molecule has 0 radical (unpaired) electrons. The number of nitrogens with two attached hydrogens (primary N) is 1. The van der Waals surface area contributed by atoms with Crippen molar-refractivity contribution in [3.05, 3.63) is 52.8 Å². The van der Waals surface area contributed by atoms with Crippen molar-refractivity contribution in [1.82, 2.24) is 10.6 Å². The summed E-state index contributed by atoms with van der Waals surface area (Å²) in [5, 5.41) is 8.89. The predicted octanol–water partition coefficient (Wildman–Crippen LogP) is 2.83. The average Bonchev–Trinajstić information content (AvgIpc) is 3.54. The van der Waals surface area contributed by atoms with E-state index in [1.54, 1.807) is 18.3 Å². The fourth-order valence-corrected chi connectivity index (χ4v) is 3.56. The van der Waals surface area contributed by atoms with E-state index >= 15 is 0 Å². The third-order valence-corrected chi connectivity index (χ3v) is 5.43. The van der Waals surface area contributed by atoms with Crippen LogP contribution in [0.5, 0.6) is 0 Å². The topological polar surface area (TPSA) is 105 Å². The van der Waals surface area contributed by atoms with Gasteiger partial charge in [0.1, 0.15) is 5.82 Å². The predicted molar refractivity (Wildman–Crippen MR) is 118 cm³/mol. The van der Waals surface area contributed by atoms with Crippen LogP contribution in [0, 0.1) is 11.2 Å². The van der Waals surface area contributed by atoms with Gasteiger partial charge in [0.25, 0.3) is 11.7 Å². The van der Waals surface area contributed by atoms with E-state index in [0.29, 0.717) is 30.4 Å². The van der Waals surface area contributed by atoms with E-state index in [1.807, 2.05) is 13.8 Å². The number of amides is 1. The Morgan fingerprint density at radius 2 is 2.13 bits per heavy atom. The number of nitrogens with one attached hydrogen (secondary N) is 3. The van der Waals surface area contributed by atoms with Gasteiger partial charge in [-0.25, -0.2) is 4.39 Å². The van der Waals surface area contributed by atoms with Crippen molar-refractivity contribution in [2.75, 3.05) is 18.4 Å². The number of ether oxygens (including phenoxy) is 1. The van der Waals surface area contributed by atoms with Crippen LogP contribution in [0.1, 0.15) is 33.1 Å². The molecule has 2 aliphatic rings. The minimum atomic E-state index is -0.774. The summed E-state index contributed by atoms with van der Waals surface area (Å²) < 4.78 is 19.0. The molecule has 1 amide bonds. The Kier molecular flexibility index (Phi) is 7.10. The zero-order chi connectivity index (χ0) is 22.6. The standard InChI is InChI=1S/C22H28ClFN4O3/c1-13-8-22(2,12-28-16-5-6-18(24)17(23)7-16)9-19(31-13)20(29)21(30)27-11-14(25)10-26-15-3-4-15/h5-7,9-10,13,15,26,28H,3-4,8,11-12,25H2,1-2H3,(H,27,30)/b14-10-. The van der Waals surface area contributed by atoms with Gasteiger partial charge in [-0.05, 0) is 50.5 Å². The highest BCUT2D eigenvalue weighted by molar-refractivity contribution is 6.42. The first-order valence-corrected chi connectivity index (χ1v) is 10.6. The molecule has 2 atom stereocenters. The Hall–Kier alpha value is -2.74. The highest BCUT2D eigenvalue weighted by Gasteiger charge is 2.35. The smallest absolute Gasteiger partial charge is 0.296 e. The maximum absolute atomic E-state index is 13.4. The number of ketones is 1. The number of rotatable bonds is 9. The molecule has 1 fully saturated rings. The second-order valence-electron chi connectivity index (χ2n) is 8.45. The monoisotopic (exact) mass is 450 g/mol. The molecule has 7 nitrogen and oxygen atoms in total. The van der Waals surface area contributed by atoms with Crippen molar-refractivity contribution in [3.63, 3.8) is 0 Å². The van der Waals surface area contributed by atoms with Crippen molar-refractivity contribution in [1.29, 1.82) is 0 Å². The highest BCUT2D eigenvalue weighted by Crippen LogP contribution is 2.34. The molecule has 9 heteroatoms. The minimum absolute atomic E-state index is 0.0105. The maximum atomic E-state index is 13.4. The van der Waals surface area contributed by atoms with Crippen molar-refractivity contribution in [3.8, 4) is 0 Å². The summed E-state index contributed by atoms with van der Waals surface area (Å²) in [5.74, 6) is -2.00. The average molecular weight is 451 g/mol. The quantitative estimate of drug-likeness (QED) is 0.431. The third-order valence-electron chi connectivity index (χ3n) is 5.14. The van der Waals surface area contributed by atoms with E-state index in [-0.39, 0.29) is 23.4 Å². The summed E-state index contributed by atoms with van der Waals surface area (Å²) in [6.45, 7) is 4.32. The first kappa shape index (κ1) is 22.9. The van der Waals surface area contributed by atoms with Gasteiger partial charge in [-0.15, -0.1) is 0 Å². The van der Waals surface area contributed by atoms with E-state index in [0.717, 1.165) is 12.8 Å². The number of anilines is 1. The first-order chi connectivity index (χ1) is 14.6. The highest BCUT2D eigenvalue weighted by atomic mass is 35.5. The number of halogens is 2. The molecule has 1 aliphatic heterocycles. The summed E-state index contributed by atoms with van der Waals surface area (Å²) in [4.78, 5) is 24.9. The molecule has 1 heterocycles. The fraction of sp³-hybridized carbons (Fsp3) is 0.455. The number of hydrogen-bond acceptors (Lipinski definition) is 6. The van der Waals surface area contributed by atoms with Gasteiger partial charge in [0.2, 0.25) is 0 Å². The second-order valence-corrected chi connectivity index (χ2v) is 8.86. The van der Waals surface area contributed by atoms with Gasteiger partial charge in [-0.3, -0.25) is 9.59 Å². The minimum Gasteiger partial charge on any atom is -0.487 e. The summed E-state index contributed by atoms with van der Waals surface area (Å²) in [5.41, 5.74) is 6.48. The lowest BCUT2D eigenvalue weighted by atomic mass is 9.81. The summed E-state index contributed by atoms with van der Waals surface area (Å²) in [6.07, 6.45) is 5.93. The van der Waals surface area contributed by atoms with Crippen LogP contribution in [0.3, 0.4) is 0 Å². The molecule has 1 saturated carbocycles. The molecule has 2 unspecified atom stereocenters. The Bertz CT molecular complexity index is 916. The van der Waals surface area contributed by atoms with Crippen LogP contribution in [0.4, 0.5) is 10.1 Å². The molecule has 0 aromatic heterocycles. The number of carbonyl (C=O) groups excluding carboxylic acids is 2. The normalized spacial score (nSPS) is 23.4. The van der Waals surface area contributed by atoms with Gasteiger partial charge in [0.05, 0.1) is 17.7 Å². The van der Waals surface area contributed by atoms with Gasteiger partial charge in [-0.1, -0.05) is 18.5 Å². The van der Waals surface area contributed by atoms with Gasteiger partial charge >= 0.3 is 0 Å². The van der Waals surface area contributed by atoms with Crippen LogP contribution in [-0.4, -0.2) is 36.9 Å². The summed E-state index contributed by atoms with van der Waals surface area (Å²) in [7, 11) is 0. The zero-order valence-electron chi connectivity index (χ0n) is 17.6. The maximum Gasteiger partial charge on any atom is 0.296 e. The molecule has 0 spiro atoms. The molecular weight excluding hydrogens is 423 g/mol. The number of hydrogen-bond donors (Lipinski definition) is 4. The van der Waals surface area contributed by atoms with E-state index in [1.165, 1.54) is 12.1 Å². The van der Waals surface area contributed by atoms with E-state index < -0.39 is 22.9 Å². The summed E-state index contributed by atoms with van der Waals surface area (Å²) in [6, 6.07) is 4.83. The van der Waals surface area contributed by atoms with E-state index in [2.05, 4.69) is 16.0 Å². The number of benzene rings is 1. The summed E-state index contributed by atoms with van der Waals surface area (Å²) >= 11 is 5.83. The number of Topliss-reactive ketones (excluding diaryl/α,β-unsaturated/α-hetero) is 1. The van der Waals surface area contributed by atoms with Crippen LogP contribution in [0.25, 0.3) is 0 Å². The van der Waals surface area contributed by atoms with Crippen LogP contribution >= 0.6 is 11.6 Å². The van der Waals surface area contributed by atoms with Crippen molar-refractivity contribution >= 4 is 29.0 Å². The molecule has 1 aromatic carbocycles. The van der Waals surface area contributed by atoms with E-state index in [9.17, 15) is 14.0 Å². The Morgan fingerprint density at radius 1 is 1.39 bits per heavy atom. The third kappa shape index (κ3) is 6.62. The molecule has 3 rings (SSSR count). The number of carbonyl (C=O) groups is 2. The Labute approximate surface area is 186 Å². The fourth-order valence-electron chi connectivity index (χ4n) is 3.38. The van der Waals surface area contributed by atoms with E-state index in [4.69, 9.17) is 22.1 Å². The molecular formula is C22H28ClFN4O3.